The lowest BCUT2D eigenvalue weighted by Gasteiger charge is -2.25. The smallest absolute Gasteiger partial charge is 0.300 e. The van der Waals surface area contributed by atoms with Crippen molar-refractivity contribution in [2.45, 2.75) is 6.04 Å². The summed E-state index contributed by atoms with van der Waals surface area (Å²) in [7, 11) is 0. The van der Waals surface area contributed by atoms with Gasteiger partial charge < -0.3 is 5.11 Å². The second-order valence-electron chi connectivity index (χ2n) is 7.00. The van der Waals surface area contributed by atoms with Gasteiger partial charge in [0.15, 0.2) is 0 Å². The molecule has 3 aromatic rings. The van der Waals surface area contributed by atoms with Gasteiger partial charge in [-0.2, -0.15) is 0 Å². The number of carbonyl (C=O) groups excluding carboxylic acids is 2. The first kappa shape index (κ1) is 21.2. The molecule has 1 saturated heterocycles. The van der Waals surface area contributed by atoms with E-state index in [0.717, 1.165) is 17.0 Å². The first-order chi connectivity index (χ1) is 15.3. The largest absolute Gasteiger partial charge is 0.507 e. The zero-order chi connectivity index (χ0) is 23.0. The molecular formula is C23H14ClFN2O5. The van der Waals surface area contributed by atoms with E-state index in [1.807, 2.05) is 0 Å². The Labute approximate surface area is 186 Å². The number of amides is 1. The Balaban J connectivity index is 1.92. The van der Waals surface area contributed by atoms with Crippen LogP contribution in [0, 0.1) is 15.9 Å². The van der Waals surface area contributed by atoms with Gasteiger partial charge in [-0.3, -0.25) is 24.6 Å². The average molecular weight is 453 g/mol. The number of hydrogen-bond donors (Lipinski definition) is 1. The highest BCUT2D eigenvalue weighted by atomic mass is 35.5. The van der Waals surface area contributed by atoms with E-state index in [1.54, 1.807) is 0 Å². The van der Waals surface area contributed by atoms with Crippen LogP contribution in [0.25, 0.3) is 5.76 Å². The molecule has 1 N–H and O–H groups in total. The number of non-ortho nitro benzene ring substituents is 1. The average Bonchev–Trinajstić information content (AvgIpc) is 3.05. The summed E-state index contributed by atoms with van der Waals surface area (Å²) in [6.07, 6.45) is 0. The molecule has 1 heterocycles. The topological polar surface area (TPSA) is 101 Å². The molecule has 7 nitrogen and oxygen atoms in total. The Kier molecular flexibility index (Phi) is 5.46. The molecule has 0 bridgehead atoms. The first-order valence-electron chi connectivity index (χ1n) is 9.35. The lowest BCUT2D eigenvalue weighted by atomic mass is 9.95. The van der Waals surface area contributed by atoms with Gasteiger partial charge in [0.1, 0.15) is 11.6 Å². The van der Waals surface area contributed by atoms with Crippen LogP contribution < -0.4 is 4.90 Å². The van der Waals surface area contributed by atoms with E-state index in [1.165, 1.54) is 60.7 Å². The number of rotatable bonds is 4. The fourth-order valence-corrected chi connectivity index (χ4v) is 3.68. The summed E-state index contributed by atoms with van der Waals surface area (Å²) in [4.78, 5) is 37.5. The zero-order valence-electron chi connectivity index (χ0n) is 16.2. The van der Waals surface area contributed by atoms with E-state index in [4.69, 9.17) is 11.6 Å². The van der Waals surface area contributed by atoms with Gasteiger partial charge in [0.25, 0.3) is 17.4 Å². The monoisotopic (exact) mass is 452 g/mol. The molecule has 0 aliphatic carbocycles. The molecule has 3 aromatic carbocycles. The van der Waals surface area contributed by atoms with E-state index < -0.39 is 34.2 Å². The SMILES string of the molecule is O=C1C(=O)N(c2ccc(F)cc2)C(c2ccc([N+](=O)[O-])cc2)/C1=C(/O)c1ccc(Cl)cc1. The maximum atomic E-state index is 13.5. The number of aliphatic hydroxyl groups is 1. The summed E-state index contributed by atoms with van der Waals surface area (Å²) in [5.74, 6) is -2.81. The molecule has 0 spiro atoms. The molecule has 0 radical (unpaired) electrons. The molecular weight excluding hydrogens is 439 g/mol. The van der Waals surface area contributed by atoms with E-state index in [9.17, 15) is 29.2 Å². The number of nitrogens with zero attached hydrogens (tertiary/aromatic N) is 2. The lowest BCUT2D eigenvalue weighted by Crippen LogP contribution is -2.29. The van der Waals surface area contributed by atoms with Crippen LogP contribution in [0.5, 0.6) is 0 Å². The van der Waals surface area contributed by atoms with Crippen molar-refractivity contribution in [1.82, 2.24) is 0 Å². The summed E-state index contributed by atoms with van der Waals surface area (Å²) >= 11 is 5.90. The van der Waals surface area contributed by atoms with Crippen LogP contribution in [-0.4, -0.2) is 21.7 Å². The molecule has 1 fully saturated rings. The normalized spacial score (nSPS) is 17.6. The predicted molar refractivity (Wildman–Crippen MR) is 116 cm³/mol. The summed E-state index contributed by atoms with van der Waals surface area (Å²) in [6, 6.07) is 15.2. The van der Waals surface area contributed by atoms with Gasteiger partial charge in [-0.1, -0.05) is 11.6 Å². The van der Waals surface area contributed by atoms with E-state index in [-0.39, 0.29) is 22.5 Å². The molecule has 32 heavy (non-hydrogen) atoms. The van der Waals surface area contributed by atoms with Gasteiger partial charge in [0.05, 0.1) is 16.5 Å². The Hall–Kier alpha value is -4.04. The highest BCUT2D eigenvalue weighted by Gasteiger charge is 2.47. The summed E-state index contributed by atoms with van der Waals surface area (Å²) in [6.45, 7) is 0. The van der Waals surface area contributed by atoms with Crippen molar-refractivity contribution in [1.29, 1.82) is 0 Å². The number of anilines is 1. The Morgan fingerprint density at radius 3 is 2.12 bits per heavy atom. The van der Waals surface area contributed by atoms with Crippen LogP contribution >= 0.6 is 11.6 Å². The first-order valence-corrected chi connectivity index (χ1v) is 9.72. The molecule has 4 rings (SSSR count). The van der Waals surface area contributed by atoms with Gasteiger partial charge in [-0.05, 0) is 66.2 Å². The minimum absolute atomic E-state index is 0.176. The third kappa shape index (κ3) is 3.72. The molecule has 0 aromatic heterocycles. The molecule has 1 aliphatic rings. The number of nitro benzene ring substituents is 1. The number of ketones is 1. The van der Waals surface area contributed by atoms with Crippen LogP contribution in [0.15, 0.2) is 78.4 Å². The van der Waals surface area contributed by atoms with Gasteiger partial charge >= 0.3 is 0 Å². The molecule has 160 valence electrons. The van der Waals surface area contributed by atoms with Crippen molar-refractivity contribution in [3.63, 3.8) is 0 Å². The predicted octanol–water partition coefficient (Wildman–Crippen LogP) is 5.01. The molecule has 0 saturated carbocycles. The van der Waals surface area contributed by atoms with Crippen molar-refractivity contribution in [3.05, 3.63) is 110 Å². The third-order valence-electron chi connectivity index (χ3n) is 5.09. The number of hydrogen-bond acceptors (Lipinski definition) is 5. The molecule has 1 atom stereocenters. The molecule has 1 unspecified atom stereocenters. The fraction of sp³-hybridized carbons (Fsp3) is 0.0435. The van der Waals surface area contributed by atoms with Crippen molar-refractivity contribution >= 4 is 40.4 Å². The van der Waals surface area contributed by atoms with Crippen LogP contribution in [0.3, 0.4) is 0 Å². The van der Waals surface area contributed by atoms with E-state index in [0.29, 0.717) is 10.6 Å². The summed E-state index contributed by atoms with van der Waals surface area (Å²) < 4.78 is 13.5. The molecule has 1 aliphatic heterocycles. The Morgan fingerprint density at radius 2 is 1.56 bits per heavy atom. The quantitative estimate of drug-likeness (QED) is 0.197. The third-order valence-corrected chi connectivity index (χ3v) is 5.34. The van der Waals surface area contributed by atoms with Crippen molar-refractivity contribution in [2.24, 2.45) is 0 Å². The number of benzene rings is 3. The van der Waals surface area contributed by atoms with Gasteiger partial charge in [0.2, 0.25) is 0 Å². The van der Waals surface area contributed by atoms with Crippen LogP contribution in [-0.2, 0) is 9.59 Å². The van der Waals surface area contributed by atoms with Crippen molar-refractivity contribution in [2.75, 3.05) is 4.90 Å². The summed E-state index contributed by atoms with van der Waals surface area (Å²) in [5.41, 5.74) is 0.473. The standard InChI is InChI=1S/C23H14ClFN2O5/c24-15-5-1-14(2-6-15)21(28)19-20(13-3-9-18(10-4-13)27(31)32)26(23(30)22(19)29)17-11-7-16(25)8-12-17/h1-12,20,28H/b21-19-. The minimum Gasteiger partial charge on any atom is -0.507 e. The van der Waals surface area contributed by atoms with Crippen LogP contribution in [0.4, 0.5) is 15.8 Å². The van der Waals surface area contributed by atoms with Gasteiger partial charge in [0, 0.05) is 28.4 Å². The van der Waals surface area contributed by atoms with Gasteiger partial charge in [-0.25, -0.2) is 4.39 Å². The molecule has 9 heteroatoms. The van der Waals surface area contributed by atoms with Gasteiger partial charge in [-0.15, -0.1) is 0 Å². The maximum absolute atomic E-state index is 13.5. The zero-order valence-corrected chi connectivity index (χ0v) is 17.0. The van der Waals surface area contributed by atoms with Crippen molar-refractivity contribution in [3.8, 4) is 0 Å². The Bertz CT molecular complexity index is 1260. The highest BCUT2D eigenvalue weighted by Crippen LogP contribution is 2.42. The maximum Gasteiger partial charge on any atom is 0.300 e. The van der Waals surface area contributed by atoms with E-state index in [2.05, 4.69) is 0 Å². The number of aliphatic hydroxyl groups excluding tert-OH is 1. The second kappa shape index (κ2) is 8.24. The molecule has 1 amide bonds. The van der Waals surface area contributed by atoms with E-state index >= 15 is 0 Å². The Morgan fingerprint density at radius 1 is 0.969 bits per heavy atom. The number of Topliss-reactive ketones (excluding diaryl/α,β-unsaturated/α-hetero) is 1. The minimum atomic E-state index is -1.09. The number of carbonyl (C=O) groups is 2. The lowest BCUT2D eigenvalue weighted by molar-refractivity contribution is -0.384. The van der Waals surface area contributed by atoms with Crippen molar-refractivity contribution < 1.29 is 24.0 Å². The highest BCUT2D eigenvalue weighted by molar-refractivity contribution is 6.51. The summed E-state index contributed by atoms with van der Waals surface area (Å²) in [5, 5.41) is 22.4. The number of halogens is 2. The second-order valence-corrected chi connectivity index (χ2v) is 7.44. The van der Waals surface area contributed by atoms with Crippen LogP contribution in [0.2, 0.25) is 5.02 Å². The number of nitro groups is 1. The fourth-order valence-electron chi connectivity index (χ4n) is 3.56. The van der Waals surface area contributed by atoms with Crippen LogP contribution in [0.1, 0.15) is 17.2 Å².